The number of hydrogen-bond donors (Lipinski definition) is 1. The first-order valence-corrected chi connectivity index (χ1v) is 15.4. The van der Waals surface area contributed by atoms with Crippen molar-refractivity contribution in [3.63, 3.8) is 0 Å². The maximum atomic E-state index is 14.0. The Hall–Kier alpha value is -3.36. The van der Waals surface area contributed by atoms with Gasteiger partial charge in [0.05, 0.1) is 10.6 Å². The number of unbranched alkanes of at least 4 members (excludes halogenated alkanes) is 1. The number of aryl methyl sites for hydroxylation is 2. The van der Waals surface area contributed by atoms with Crippen LogP contribution in [0.5, 0.6) is 0 Å². The van der Waals surface area contributed by atoms with Crippen LogP contribution in [0.1, 0.15) is 50.3 Å². The van der Waals surface area contributed by atoms with Crippen LogP contribution >= 0.6 is 11.6 Å². The summed E-state index contributed by atoms with van der Waals surface area (Å²) in [6.45, 7) is 7.62. The smallest absolute Gasteiger partial charge is 0.264 e. The minimum absolute atomic E-state index is 0.0866. The molecule has 3 aromatic rings. The predicted molar refractivity (Wildman–Crippen MR) is 161 cm³/mol. The van der Waals surface area contributed by atoms with Gasteiger partial charge in [0.1, 0.15) is 12.6 Å². The number of halogens is 1. The molecule has 1 atom stereocenters. The lowest BCUT2D eigenvalue weighted by atomic mass is 10.1. The number of sulfonamides is 1. The Bertz CT molecular complexity index is 1410. The molecule has 0 aliphatic rings. The number of amides is 2. The van der Waals surface area contributed by atoms with E-state index in [1.165, 1.54) is 4.90 Å². The van der Waals surface area contributed by atoms with Gasteiger partial charge in [0.2, 0.25) is 11.8 Å². The van der Waals surface area contributed by atoms with Crippen molar-refractivity contribution in [2.45, 2.75) is 64.4 Å². The summed E-state index contributed by atoms with van der Waals surface area (Å²) in [6, 6.07) is 19.9. The minimum atomic E-state index is -4.11. The molecule has 0 aliphatic carbocycles. The van der Waals surface area contributed by atoms with E-state index in [1.54, 1.807) is 61.5 Å². The van der Waals surface area contributed by atoms with Gasteiger partial charge in [-0.25, -0.2) is 8.42 Å². The lowest BCUT2D eigenvalue weighted by Gasteiger charge is -2.32. The summed E-state index contributed by atoms with van der Waals surface area (Å²) in [4.78, 5) is 28.6. The molecule has 0 unspecified atom stereocenters. The Labute approximate surface area is 243 Å². The minimum Gasteiger partial charge on any atom is -0.354 e. The zero-order valence-electron chi connectivity index (χ0n) is 23.6. The monoisotopic (exact) mass is 583 g/mol. The summed E-state index contributed by atoms with van der Waals surface area (Å²) >= 11 is 6.20. The Morgan fingerprint density at radius 3 is 2.33 bits per heavy atom. The number of carbonyl (C=O) groups is 2. The van der Waals surface area contributed by atoms with Crippen molar-refractivity contribution in [3.8, 4) is 0 Å². The average molecular weight is 584 g/mol. The number of nitrogens with zero attached hydrogens (tertiary/aromatic N) is 2. The van der Waals surface area contributed by atoms with E-state index < -0.39 is 28.5 Å². The maximum absolute atomic E-state index is 14.0. The van der Waals surface area contributed by atoms with E-state index in [4.69, 9.17) is 11.6 Å². The predicted octanol–water partition coefficient (Wildman–Crippen LogP) is 5.74. The molecule has 3 rings (SSSR count). The number of para-hydroxylation sites is 1. The highest BCUT2D eigenvalue weighted by Crippen LogP contribution is 2.28. The normalized spacial score (nSPS) is 12.0. The van der Waals surface area contributed by atoms with Crippen molar-refractivity contribution in [2.24, 2.45) is 0 Å². The molecule has 0 heterocycles. The molecule has 0 saturated carbocycles. The van der Waals surface area contributed by atoms with E-state index >= 15 is 0 Å². The van der Waals surface area contributed by atoms with E-state index in [2.05, 4.69) is 5.32 Å². The van der Waals surface area contributed by atoms with Crippen LogP contribution in [0, 0.1) is 6.92 Å². The first-order chi connectivity index (χ1) is 19.1. The molecule has 0 fully saturated rings. The van der Waals surface area contributed by atoms with E-state index in [0.717, 1.165) is 33.8 Å². The van der Waals surface area contributed by atoms with E-state index in [-0.39, 0.29) is 17.3 Å². The molecule has 3 aromatic carbocycles. The number of benzene rings is 3. The van der Waals surface area contributed by atoms with Gasteiger partial charge < -0.3 is 10.2 Å². The molecule has 1 N–H and O–H groups in total. The van der Waals surface area contributed by atoms with Gasteiger partial charge in [-0.1, -0.05) is 79.9 Å². The molecular weight excluding hydrogens is 546 g/mol. The molecule has 214 valence electrons. The van der Waals surface area contributed by atoms with Crippen LogP contribution in [0.2, 0.25) is 5.02 Å². The molecule has 0 saturated heterocycles. The van der Waals surface area contributed by atoms with Gasteiger partial charge in [0.15, 0.2) is 0 Å². The first-order valence-electron chi connectivity index (χ1n) is 13.6. The lowest BCUT2D eigenvalue weighted by molar-refractivity contribution is -0.139. The van der Waals surface area contributed by atoms with Gasteiger partial charge in [0.25, 0.3) is 10.0 Å². The maximum Gasteiger partial charge on any atom is 0.264 e. The highest BCUT2D eigenvalue weighted by atomic mass is 35.5. The fraction of sp³-hybridized carbons (Fsp3) is 0.355. The van der Waals surface area contributed by atoms with Crippen molar-refractivity contribution in [3.05, 3.63) is 94.5 Å². The summed E-state index contributed by atoms with van der Waals surface area (Å²) in [5.41, 5.74) is 2.88. The fourth-order valence-corrected chi connectivity index (χ4v) is 6.02. The largest absolute Gasteiger partial charge is 0.354 e. The Balaban J connectivity index is 2.04. The average Bonchev–Trinajstić information content (AvgIpc) is 2.94. The molecule has 0 spiro atoms. The third-order valence-electron chi connectivity index (χ3n) is 6.77. The topological polar surface area (TPSA) is 86.8 Å². The van der Waals surface area contributed by atoms with Crippen LogP contribution in [-0.2, 0) is 32.6 Å². The van der Waals surface area contributed by atoms with Crippen molar-refractivity contribution in [2.75, 3.05) is 17.4 Å². The highest BCUT2D eigenvalue weighted by molar-refractivity contribution is 7.92. The van der Waals surface area contributed by atoms with Crippen molar-refractivity contribution in [1.82, 2.24) is 10.2 Å². The van der Waals surface area contributed by atoms with Gasteiger partial charge in [-0.3, -0.25) is 13.9 Å². The third-order valence-corrected chi connectivity index (χ3v) is 8.78. The van der Waals surface area contributed by atoms with Gasteiger partial charge in [-0.05, 0) is 68.1 Å². The van der Waals surface area contributed by atoms with Crippen LogP contribution < -0.4 is 9.62 Å². The quantitative estimate of drug-likeness (QED) is 0.260. The summed E-state index contributed by atoms with van der Waals surface area (Å²) in [5, 5.41) is 3.39. The SMILES string of the molecule is CCCCNC(=O)[C@H](C)N(Cc1cccc(Cl)c1)C(=O)CN(c1ccccc1CC)S(=O)(=O)c1ccc(C)cc1. The van der Waals surface area contributed by atoms with E-state index in [0.29, 0.717) is 23.7 Å². The van der Waals surface area contributed by atoms with Crippen molar-refractivity contribution >= 4 is 39.1 Å². The lowest BCUT2D eigenvalue weighted by Crippen LogP contribution is -2.51. The highest BCUT2D eigenvalue weighted by Gasteiger charge is 2.33. The molecule has 0 radical (unpaired) electrons. The number of anilines is 1. The standard InChI is InChI=1S/C31H38ClN3O4S/c1-5-7-19-33-31(37)24(4)34(21-25-11-10-13-27(32)20-25)30(36)22-35(29-14-9-8-12-26(29)6-2)40(38,39)28-17-15-23(3)16-18-28/h8-18,20,24H,5-7,19,21-22H2,1-4H3,(H,33,37)/t24-/m0/s1. The summed E-state index contributed by atoms with van der Waals surface area (Å²) in [6.07, 6.45) is 2.31. The molecule has 2 amide bonds. The second kappa shape index (κ2) is 14.3. The first kappa shape index (κ1) is 31.2. The summed E-state index contributed by atoms with van der Waals surface area (Å²) < 4.78 is 29.2. The zero-order valence-corrected chi connectivity index (χ0v) is 25.1. The molecule has 0 bridgehead atoms. The van der Waals surface area contributed by atoms with Crippen LogP contribution in [-0.4, -0.2) is 44.3 Å². The fourth-order valence-electron chi connectivity index (χ4n) is 4.35. The zero-order chi connectivity index (χ0) is 29.3. The Morgan fingerprint density at radius 1 is 0.975 bits per heavy atom. The van der Waals surface area contributed by atoms with Crippen molar-refractivity contribution < 1.29 is 18.0 Å². The molecule has 0 aliphatic heterocycles. The van der Waals surface area contributed by atoms with Crippen LogP contribution in [0.3, 0.4) is 0 Å². The number of nitrogens with one attached hydrogen (secondary N) is 1. The van der Waals surface area contributed by atoms with Gasteiger partial charge in [-0.2, -0.15) is 0 Å². The molecule has 9 heteroatoms. The molecule has 7 nitrogen and oxygen atoms in total. The van der Waals surface area contributed by atoms with E-state index in [9.17, 15) is 18.0 Å². The van der Waals surface area contributed by atoms with E-state index in [1.807, 2.05) is 39.0 Å². The molecule has 40 heavy (non-hydrogen) atoms. The second-order valence-corrected chi connectivity index (χ2v) is 12.1. The summed E-state index contributed by atoms with van der Waals surface area (Å²) in [5.74, 6) is -0.801. The van der Waals surface area contributed by atoms with Crippen LogP contribution in [0.4, 0.5) is 5.69 Å². The molecular formula is C31H38ClN3O4S. The van der Waals surface area contributed by atoms with Crippen molar-refractivity contribution in [1.29, 1.82) is 0 Å². The second-order valence-electron chi connectivity index (χ2n) is 9.78. The Morgan fingerprint density at radius 2 is 1.68 bits per heavy atom. The third kappa shape index (κ3) is 7.86. The number of hydrogen-bond acceptors (Lipinski definition) is 4. The van der Waals surface area contributed by atoms with Gasteiger partial charge in [-0.15, -0.1) is 0 Å². The number of rotatable bonds is 13. The van der Waals surface area contributed by atoms with Gasteiger partial charge >= 0.3 is 0 Å². The number of carbonyl (C=O) groups excluding carboxylic acids is 2. The summed E-state index contributed by atoms with van der Waals surface area (Å²) in [7, 11) is -4.11. The van der Waals surface area contributed by atoms with Crippen LogP contribution in [0.25, 0.3) is 0 Å². The Kier molecular flexibility index (Phi) is 11.2. The molecule has 0 aromatic heterocycles. The van der Waals surface area contributed by atoms with Crippen LogP contribution in [0.15, 0.2) is 77.7 Å². The van der Waals surface area contributed by atoms with Gasteiger partial charge in [0, 0.05) is 18.1 Å².